The Morgan fingerprint density at radius 2 is 1.75 bits per heavy atom. The number of hydrogen-bond acceptors (Lipinski definition) is 1. The second-order valence-electron chi connectivity index (χ2n) is 5.13. The van der Waals surface area contributed by atoms with Crippen LogP contribution in [0.3, 0.4) is 0 Å². The van der Waals surface area contributed by atoms with Gasteiger partial charge in [0.15, 0.2) is 0 Å². The lowest BCUT2D eigenvalue weighted by molar-refractivity contribution is 0.890. The van der Waals surface area contributed by atoms with Crippen LogP contribution in [-0.2, 0) is 0 Å². The zero-order chi connectivity index (χ0) is 14.7. The van der Waals surface area contributed by atoms with Gasteiger partial charge in [0.25, 0.3) is 0 Å². The van der Waals surface area contributed by atoms with Crippen LogP contribution < -0.4 is 0 Å². The topological polar surface area (TPSA) is 15.8 Å². The Hall–Kier alpha value is -1.54. The second-order valence-corrected chi connectivity index (χ2v) is 6.25. The highest BCUT2D eigenvalue weighted by Gasteiger charge is 2.08. The number of fused-ring (bicyclic) bond motifs is 1. The van der Waals surface area contributed by atoms with Crippen molar-refractivity contribution in [1.82, 2.24) is 4.98 Å². The molecule has 20 heavy (non-hydrogen) atoms. The number of hydrogen-bond donors (Lipinski definition) is 1. The number of thiophene rings is 1. The van der Waals surface area contributed by atoms with E-state index in [9.17, 15) is 0 Å². The summed E-state index contributed by atoms with van der Waals surface area (Å²) in [5.74, 6) is 0.607. The van der Waals surface area contributed by atoms with Crippen molar-refractivity contribution < 1.29 is 0 Å². The van der Waals surface area contributed by atoms with Crippen LogP contribution in [-0.4, -0.2) is 4.98 Å². The lowest BCUT2D eigenvalue weighted by atomic mass is 10.2. The molecular formula is C18H23NS. The minimum atomic E-state index is 0.607. The molecule has 1 N–H and O–H groups in total. The summed E-state index contributed by atoms with van der Waals surface area (Å²) in [5, 5.41) is 1.30. The molecule has 0 atom stereocenters. The molecule has 0 radical (unpaired) electrons. The van der Waals surface area contributed by atoms with Crippen molar-refractivity contribution in [2.75, 3.05) is 0 Å². The maximum Gasteiger partial charge on any atom is 0.0566 e. The third kappa shape index (κ3) is 2.96. The summed E-state index contributed by atoms with van der Waals surface area (Å²) in [7, 11) is 0. The fourth-order valence-corrected chi connectivity index (χ4v) is 3.17. The molecule has 0 amide bonds. The van der Waals surface area contributed by atoms with E-state index in [-0.39, 0.29) is 0 Å². The Balaban J connectivity index is 0.000000704. The molecule has 2 heterocycles. The Morgan fingerprint density at radius 3 is 2.40 bits per heavy atom. The Kier molecular flexibility index (Phi) is 4.66. The van der Waals surface area contributed by atoms with Gasteiger partial charge in [-0.05, 0) is 43.2 Å². The van der Waals surface area contributed by atoms with E-state index in [1.807, 2.05) is 25.2 Å². The summed E-state index contributed by atoms with van der Waals surface area (Å²) in [6.45, 7) is 10.6. The normalized spacial score (nSPS) is 10.7. The molecule has 0 aliphatic rings. The van der Waals surface area contributed by atoms with Gasteiger partial charge in [-0.1, -0.05) is 39.3 Å². The Bertz CT molecular complexity index is 688. The highest BCUT2D eigenvalue weighted by atomic mass is 32.1. The van der Waals surface area contributed by atoms with E-state index < -0.39 is 0 Å². The maximum absolute atomic E-state index is 3.50. The summed E-state index contributed by atoms with van der Waals surface area (Å²) in [4.78, 5) is 6.27. The summed E-state index contributed by atoms with van der Waals surface area (Å²) >= 11 is 1.88. The molecule has 0 saturated heterocycles. The molecule has 106 valence electrons. The van der Waals surface area contributed by atoms with Gasteiger partial charge in [0.05, 0.1) is 10.6 Å². The van der Waals surface area contributed by atoms with Gasteiger partial charge in [-0.25, -0.2) is 0 Å². The molecule has 0 spiro atoms. The van der Waals surface area contributed by atoms with E-state index in [1.165, 1.54) is 31.9 Å². The van der Waals surface area contributed by atoms with E-state index in [0.717, 1.165) is 0 Å². The van der Waals surface area contributed by atoms with Crippen LogP contribution in [0, 0.1) is 6.92 Å². The van der Waals surface area contributed by atoms with Crippen molar-refractivity contribution in [3.8, 4) is 10.6 Å². The van der Waals surface area contributed by atoms with Crippen LogP contribution in [0.1, 0.15) is 44.1 Å². The van der Waals surface area contributed by atoms with E-state index >= 15 is 0 Å². The zero-order valence-corrected chi connectivity index (χ0v) is 13.8. The highest BCUT2D eigenvalue weighted by molar-refractivity contribution is 7.15. The number of nitrogens with one attached hydrogen (secondary N) is 1. The first-order valence-electron chi connectivity index (χ1n) is 7.33. The van der Waals surface area contributed by atoms with Gasteiger partial charge in [-0.15, -0.1) is 11.3 Å². The minimum absolute atomic E-state index is 0.607. The second kappa shape index (κ2) is 6.27. The van der Waals surface area contributed by atoms with E-state index in [0.29, 0.717) is 5.92 Å². The largest absolute Gasteiger partial charge is 0.354 e. The molecule has 2 aromatic heterocycles. The van der Waals surface area contributed by atoms with Crippen LogP contribution in [0.4, 0.5) is 0 Å². The van der Waals surface area contributed by atoms with Gasteiger partial charge in [0, 0.05) is 15.8 Å². The lowest BCUT2D eigenvalue weighted by Gasteiger charge is -1.97. The molecule has 3 rings (SSSR count). The van der Waals surface area contributed by atoms with Crippen LogP contribution in [0.2, 0.25) is 0 Å². The molecule has 0 unspecified atom stereocenters. The molecule has 0 aliphatic carbocycles. The molecule has 0 fully saturated rings. The molecular weight excluding hydrogens is 262 g/mol. The van der Waals surface area contributed by atoms with Crippen molar-refractivity contribution in [2.45, 2.75) is 40.5 Å². The third-order valence-corrected chi connectivity index (χ3v) is 4.66. The van der Waals surface area contributed by atoms with Crippen molar-refractivity contribution in [1.29, 1.82) is 0 Å². The van der Waals surface area contributed by atoms with E-state index in [2.05, 4.69) is 62.2 Å². The highest BCUT2D eigenvalue weighted by Crippen LogP contribution is 2.33. The molecule has 1 nitrogen and oxygen atoms in total. The van der Waals surface area contributed by atoms with Crippen molar-refractivity contribution in [3.63, 3.8) is 0 Å². The summed E-state index contributed by atoms with van der Waals surface area (Å²) < 4.78 is 0. The first-order chi connectivity index (χ1) is 9.63. The molecule has 1 aromatic carbocycles. The Labute approximate surface area is 125 Å². The van der Waals surface area contributed by atoms with Gasteiger partial charge in [0.1, 0.15) is 0 Å². The summed E-state index contributed by atoms with van der Waals surface area (Å²) in [5.41, 5.74) is 3.75. The zero-order valence-electron chi connectivity index (χ0n) is 12.9. The molecule has 3 aromatic rings. The van der Waals surface area contributed by atoms with Gasteiger partial charge in [0.2, 0.25) is 0 Å². The monoisotopic (exact) mass is 285 g/mol. The van der Waals surface area contributed by atoms with Crippen LogP contribution in [0.25, 0.3) is 21.5 Å². The predicted molar refractivity (Wildman–Crippen MR) is 91.8 cm³/mol. The van der Waals surface area contributed by atoms with Gasteiger partial charge >= 0.3 is 0 Å². The number of H-pyrrole nitrogens is 1. The Morgan fingerprint density at radius 1 is 1.00 bits per heavy atom. The standard InChI is InChI=1S/C16H17NS.C2H6/c1-10(2)15-6-7-16(18-15)14-9-12-8-11(3)4-5-13(12)17-14;1-2/h4-10,17H,1-3H3;1-2H3. The lowest BCUT2D eigenvalue weighted by Crippen LogP contribution is -1.77. The maximum atomic E-state index is 3.50. The third-order valence-electron chi connectivity index (χ3n) is 3.24. The number of rotatable bonds is 2. The fraction of sp³-hybridized carbons (Fsp3) is 0.333. The van der Waals surface area contributed by atoms with Gasteiger partial charge in [-0.3, -0.25) is 0 Å². The number of benzene rings is 1. The molecule has 0 aliphatic heterocycles. The van der Waals surface area contributed by atoms with Crippen LogP contribution in [0.5, 0.6) is 0 Å². The first kappa shape index (κ1) is 14.9. The average Bonchev–Trinajstić information content (AvgIpc) is 3.06. The smallest absolute Gasteiger partial charge is 0.0566 e. The first-order valence-corrected chi connectivity index (χ1v) is 8.14. The molecule has 0 saturated carbocycles. The van der Waals surface area contributed by atoms with E-state index in [1.54, 1.807) is 0 Å². The summed E-state index contributed by atoms with van der Waals surface area (Å²) in [6.07, 6.45) is 0. The average molecular weight is 285 g/mol. The summed E-state index contributed by atoms with van der Waals surface area (Å²) in [6, 6.07) is 13.2. The van der Waals surface area contributed by atoms with Crippen LogP contribution in [0.15, 0.2) is 36.4 Å². The molecule has 0 bridgehead atoms. The number of aromatic amines is 1. The fourth-order valence-electron chi connectivity index (χ4n) is 2.19. The predicted octanol–water partition coefficient (Wildman–Crippen LogP) is 6.35. The van der Waals surface area contributed by atoms with Crippen LogP contribution >= 0.6 is 11.3 Å². The SMILES string of the molecule is CC.Cc1ccc2[nH]c(-c3ccc(C(C)C)s3)cc2c1. The van der Waals surface area contributed by atoms with Gasteiger partial charge in [-0.2, -0.15) is 0 Å². The van der Waals surface area contributed by atoms with Gasteiger partial charge < -0.3 is 4.98 Å². The quantitative estimate of drug-likeness (QED) is 0.564. The molecule has 2 heteroatoms. The van der Waals surface area contributed by atoms with E-state index in [4.69, 9.17) is 0 Å². The van der Waals surface area contributed by atoms with Crippen molar-refractivity contribution >= 4 is 22.2 Å². The van der Waals surface area contributed by atoms with Crippen molar-refractivity contribution in [3.05, 3.63) is 46.8 Å². The number of aromatic nitrogens is 1. The minimum Gasteiger partial charge on any atom is -0.354 e. The number of aryl methyl sites for hydroxylation is 1. The van der Waals surface area contributed by atoms with Crippen molar-refractivity contribution in [2.24, 2.45) is 0 Å².